The van der Waals surface area contributed by atoms with Crippen molar-refractivity contribution in [2.24, 2.45) is 0 Å². The van der Waals surface area contributed by atoms with Crippen molar-refractivity contribution in [2.75, 3.05) is 26.7 Å². The topological polar surface area (TPSA) is 48.5 Å². The Hall–Kier alpha value is -2.12. The molecule has 1 atom stereocenters. The number of benzene rings is 1. The number of hydrogen-bond donors (Lipinski definition) is 1. The van der Waals surface area contributed by atoms with Crippen molar-refractivity contribution >= 4 is 11.5 Å². The lowest BCUT2D eigenvalue weighted by Crippen LogP contribution is -3.13. The van der Waals surface area contributed by atoms with E-state index in [0.717, 1.165) is 45.2 Å². The van der Waals surface area contributed by atoms with Gasteiger partial charge in [-0.15, -0.1) is 0 Å². The zero-order valence-corrected chi connectivity index (χ0v) is 15.1. The van der Waals surface area contributed by atoms with Crippen LogP contribution in [0.4, 0.5) is 0 Å². The summed E-state index contributed by atoms with van der Waals surface area (Å²) in [7, 11) is 1.82. The lowest BCUT2D eigenvalue weighted by molar-refractivity contribution is -0.887. The van der Waals surface area contributed by atoms with Gasteiger partial charge in [0, 0.05) is 13.5 Å². The fourth-order valence-corrected chi connectivity index (χ4v) is 4.09. The third-order valence-electron chi connectivity index (χ3n) is 5.84. The number of quaternary nitrogens is 1. The number of hydrogen-bond acceptors (Lipinski definition) is 2. The maximum Gasteiger partial charge on any atom is 0.278 e. The van der Waals surface area contributed by atoms with Crippen molar-refractivity contribution in [3.05, 3.63) is 42.0 Å². The molecule has 0 spiro atoms. The number of nitrogens with one attached hydrogen (secondary N) is 1. The molecule has 4 heteroatoms. The minimum Gasteiger partial charge on any atom is -0.324 e. The molecule has 0 bridgehead atoms. The molecule has 0 radical (unpaired) electrons. The van der Waals surface area contributed by atoms with Gasteiger partial charge in [-0.25, -0.2) is 0 Å². The largest absolute Gasteiger partial charge is 0.324 e. The van der Waals surface area contributed by atoms with E-state index in [1.165, 1.54) is 22.5 Å². The van der Waals surface area contributed by atoms with E-state index in [4.69, 9.17) is 0 Å². The van der Waals surface area contributed by atoms with E-state index in [9.17, 15) is 10.1 Å². The zero-order chi connectivity index (χ0) is 17.7. The van der Waals surface area contributed by atoms with Gasteiger partial charge in [-0.1, -0.05) is 49.6 Å². The van der Waals surface area contributed by atoms with Crippen LogP contribution in [0.3, 0.4) is 0 Å². The van der Waals surface area contributed by atoms with Crippen LogP contribution in [0.15, 0.2) is 36.4 Å². The average molecular weight is 338 g/mol. The molecule has 1 amide bonds. The maximum atomic E-state index is 12.8. The van der Waals surface area contributed by atoms with Crippen LogP contribution in [-0.4, -0.2) is 43.0 Å². The molecule has 0 saturated heterocycles. The predicted molar refractivity (Wildman–Crippen MR) is 98.8 cm³/mol. The number of nitriles is 1. The summed E-state index contributed by atoms with van der Waals surface area (Å²) in [5.74, 6) is 0.106. The number of nitrogens with zero attached hydrogens (tertiary/aromatic N) is 2. The molecule has 1 aliphatic carbocycles. The molecule has 1 fully saturated rings. The lowest BCUT2D eigenvalue weighted by Gasteiger charge is -2.39. The van der Waals surface area contributed by atoms with Gasteiger partial charge in [0.2, 0.25) is 0 Å². The Bertz CT molecular complexity index is 668. The number of carbonyl (C=O) groups is 1. The molecule has 3 rings (SSSR count). The molecule has 1 heterocycles. The van der Waals surface area contributed by atoms with Gasteiger partial charge in [-0.3, -0.25) is 4.79 Å². The van der Waals surface area contributed by atoms with Gasteiger partial charge in [-0.2, -0.15) is 5.26 Å². The number of likely N-dealkylation sites (N-methyl/N-ethyl adjacent to an activating group) is 1. The first-order chi connectivity index (χ1) is 12.1. The lowest BCUT2D eigenvalue weighted by atomic mass is 9.81. The average Bonchev–Trinajstić information content (AvgIpc) is 2.69. The van der Waals surface area contributed by atoms with E-state index in [1.54, 1.807) is 4.90 Å². The predicted octanol–water partition coefficient (Wildman–Crippen LogP) is 2.04. The highest BCUT2D eigenvalue weighted by molar-refractivity contribution is 5.78. The smallest absolute Gasteiger partial charge is 0.278 e. The fourth-order valence-electron chi connectivity index (χ4n) is 4.09. The second-order valence-corrected chi connectivity index (χ2v) is 7.38. The zero-order valence-electron chi connectivity index (χ0n) is 15.1. The summed E-state index contributed by atoms with van der Waals surface area (Å²) in [6.45, 7) is 2.34. The summed E-state index contributed by atoms with van der Waals surface area (Å²) in [4.78, 5) is 15.8. The molecule has 1 aromatic carbocycles. The van der Waals surface area contributed by atoms with Crippen LogP contribution in [0.1, 0.15) is 44.1 Å². The molecular formula is C21H28N3O+. The third kappa shape index (κ3) is 3.93. The molecule has 0 aromatic heterocycles. The molecule has 1 unspecified atom stereocenters. The Morgan fingerprint density at radius 1 is 1.24 bits per heavy atom. The van der Waals surface area contributed by atoms with Gasteiger partial charge in [0.15, 0.2) is 6.54 Å². The van der Waals surface area contributed by atoms with E-state index in [0.29, 0.717) is 6.54 Å². The summed E-state index contributed by atoms with van der Waals surface area (Å²) in [6.07, 6.45) is 8.17. The van der Waals surface area contributed by atoms with Crippen LogP contribution in [0.2, 0.25) is 0 Å². The standard InChI is InChI=1S/C21H27N3O/c1-23(21(17-22)12-6-3-7-13-21)20(25)16-24-14-10-19(11-15-24)18-8-4-2-5-9-18/h2,4-5,8-10H,3,6-7,11-16H2,1H3/p+1. The summed E-state index contributed by atoms with van der Waals surface area (Å²) in [5.41, 5.74) is 2.09. The van der Waals surface area contributed by atoms with Crippen molar-refractivity contribution in [2.45, 2.75) is 44.1 Å². The minimum absolute atomic E-state index is 0.106. The van der Waals surface area contributed by atoms with Crippen molar-refractivity contribution in [1.29, 1.82) is 5.26 Å². The van der Waals surface area contributed by atoms with Crippen molar-refractivity contribution in [1.82, 2.24) is 4.90 Å². The first kappa shape index (κ1) is 17.7. The van der Waals surface area contributed by atoms with Crippen LogP contribution in [0.5, 0.6) is 0 Å². The molecule has 2 aliphatic rings. The number of amides is 1. The van der Waals surface area contributed by atoms with Crippen molar-refractivity contribution in [3.63, 3.8) is 0 Å². The van der Waals surface area contributed by atoms with Crippen LogP contribution in [0, 0.1) is 11.3 Å². The van der Waals surface area contributed by atoms with Gasteiger partial charge in [0.05, 0.1) is 19.2 Å². The van der Waals surface area contributed by atoms with Gasteiger partial charge >= 0.3 is 0 Å². The molecule has 1 aliphatic heterocycles. The summed E-state index contributed by atoms with van der Waals surface area (Å²) < 4.78 is 0. The van der Waals surface area contributed by atoms with E-state index in [2.05, 4.69) is 36.4 Å². The Morgan fingerprint density at radius 2 is 1.96 bits per heavy atom. The second-order valence-electron chi connectivity index (χ2n) is 7.38. The Balaban J connectivity index is 1.59. The summed E-state index contributed by atoms with van der Waals surface area (Å²) in [6, 6.07) is 12.9. The van der Waals surface area contributed by atoms with Gasteiger partial charge in [0.1, 0.15) is 5.54 Å². The first-order valence-corrected chi connectivity index (χ1v) is 9.40. The van der Waals surface area contributed by atoms with E-state index in [-0.39, 0.29) is 5.91 Å². The van der Waals surface area contributed by atoms with Crippen LogP contribution < -0.4 is 4.90 Å². The normalized spacial score (nSPS) is 22.6. The van der Waals surface area contributed by atoms with Gasteiger partial charge in [0.25, 0.3) is 5.91 Å². The van der Waals surface area contributed by atoms with Crippen LogP contribution in [-0.2, 0) is 4.79 Å². The van der Waals surface area contributed by atoms with E-state index in [1.807, 2.05) is 13.1 Å². The Morgan fingerprint density at radius 3 is 2.56 bits per heavy atom. The molecule has 1 aromatic rings. The quantitative estimate of drug-likeness (QED) is 0.913. The molecule has 132 valence electrons. The highest BCUT2D eigenvalue weighted by atomic mass is 16.2. The first-order valence-electron chi connectivity index (χ1n) is 9.40. The van der Waals surface area contributed by atoms with E-state index < -0.39 is 5.54 Å². The fraction of sp³-hybridized carbons (Fsp3) is 0.524. The summed E-state index contributed by atoms with van der Waals surface area (Å²) >= 11 is 0. The van der Waals surface area contributed by atoms with Crippen molar-refractivity contribution in [3.8, 4) is 6.07 Å². The minimum atomic E-state index is -0.574. The highest BCUT2D eigenvalue weighted by Gasteiger charge is 2.39. The van der Waals surface area contributed by atoms with Crippen LogP contribution in [0.25, 0.3) is 5.57 Å². The highest BCUT2D eigenvalue weighted by Crippen LogP contribution is 2.32. The Kier molecular flexibility index (Phi) is 5.55. The van der Waals surface area contributed by atoms with Crippen molar-refractivity contribution < 1.29 is 9.69 Å². The van der Waals surface area contributed by atoms with Crippen LogP contribution >= 0.6 is 0 Å². The molecule has 4 nitrogen and oxygen atoms in total. The summed E-state index contributed by atoms with van der Waals surface area (Å²) in [5, 5.41) is 9.67. The molecule has 25 heavy (non-hydrogen) atoms. The van der Waals surface area contributed by atoms with E-state index >= 15 is 0 Å². The van der Waals surface area contributed by atoms with Gasteiger partial charge < -0.3 is 9.80 Å². The molecule has 1 saturated carbocycles. The molecular weight excluding hydrogens is 310 g/mol. The molecule has 1 N–H and O–H groups in total. The second kappa shape index (κ2) is 7.84. The SMILES string of the molecule is CN(C(=O)C[NH+]1CC=C(c2ccccc2)CC1)C1(C#N)CCCCC1. The number of rotatable bonds is 4. The third-order valence-corrected chi connectivity index (χ3v) is 5.84. The Labute approximate surface area is 150 Å². The monoisotopic (exact) mass is 338 g/mol. The number of carbonyl (C=O) groups excluding carboxylic acids is 1. The van der Waals surface area contributed by atoms with Gasteiger partial charge in [-0.05, 0) is 30.1 Å². The maximum absolute atomic E-state index is 12.8.